The standard InChI is InChI=1S/C23H36NSi/c1-17-15-18(22(2,3)4)11-13-20(17)21-14-12-19(16-24(21)7)23(5,6)25(8,9)10/h11-16H,1-10H3/q+1. The summed E-state index contributed by atoms with van der Waals surface area (Å²) in [4.78, 5) is 0. The normalized spacial score (nSPS) is 13.2. The zero-order chi connectivity index (χ0) is 19.2. The fraction of sp³-hybridized carbons (Fsp3) is 0.522. The molecule has 0 unspecified atom stereocenters. The average molecular weight is 355 g/mol. The molecule has 1 aromatic carbocycles. The van der Waals surface area contributed by atoms with Crippen molar-refractivity contribution in [2.24, 2.45) is 7.05 Å². The maximum absolute atomic E-state index is 2.45. The van der Waals surface area contributed by atoms with Gasteiger partial charge in [0.2, 0.25) is 5.69 Å². The molecule has 0 aliphatic heterocycles. The molecule has 0 fully saturated rings. The quantitative estimate of drug-likeness (QED) is 0.474. The van der Waals surface area contributed by atoms with Crippen LogP contribution in [-0.4, -0.2) is 8.07 Å². The number of aromatic nitrogens is 1. The van der Waals surface area contributed by atoms with Gasteiger partial charge in [-0.25, -0.2) is 4.57 Å². The molecule has 1 nitrogen and oxygen atoms in total. The smallest absolute Gasteiger partial charge is 0.201 e. The lowest BCUT2D eigenvalue weighted by Gasteiger charge is -2.36. The minimum Gasteiger partial charge on any atom is -0.201 e. The summed E-state index contributed by atoms with van der Waals surface area (Å²) < 4.78 is 2.30. The molecule has 25 heavy (non-hydrogen) atoms. The van der Waals surface area contributed by atoms with Crippen molar-refractivity contribution >= 4 is 8.07 Å². The third-order valence-corrected chi connectivity index (χ3v) is 10.1. The van der Waals surface area contributed by atoms with Crippen LogP contribution >= 0.6 is 0 Å². The monoisotopic (exact) mass is 354 g/mol. The van der Waals surface area contributed by atoms with E-state index in [1.165, 1.54) is 27.9 Å². The first kappa shape index (κ1) is 19.9. The van der Waals surface area contributed by atoms with Gasteiger partial charge in [0.25, 0.3) is 0 Å². The van der Waals surface area contributed by atoms with Gasteiger partial charge in [0, 0.05) is 17.2 Å². The van der Waals surface area contributed by atoms with Gasteiger partial charge in [-0.05, 0) is 40.6 Å². The van der Waals surface area contributed by atoms with E-state index in [2.05, 4.69) is 109 Å². The van der Waals surface area contributed by atoms with Gasteiger partial charge in [0.15, 0.2) is 6.20 Å². The van der Waals surface area contributed by atoms with Crippen LogP contribution in [0.5, 0.6) is 0 Å². The van der Waals surface area contributed by atoms with Crippen molar-refractivity contribution in [1.82, 2.24) is 0 Å². The Morgan fingerprint density at radius 1 is 0.840 bits per heavy atom. The second-order valence-electron chi connectivity index (χ2n) is 10.1. The first-order valence-electron chi connectivity index (χ1n) is 9.37. The predicted octanol–water partition coefficient (Wildman–Crippen LogP) is 5.94. The summed E-state index contributed by atoms with van der Waals surface area (Å²) in [6, 6.07) is 11.5. The van der Waals surface area contributed by atoms with E-state index in [4.69, 9.17) is 0 Å². The minimum atomic E-state index is -1.30. The fourth-order valence-corrected chi connectivity index (χ4v) is 4.12. The number of hydrogen-bond donors (Lipinski definition) is 0. The number of pyridine rings is 1. The molecule has 1 heterocycles. The first-order chi connectivity index (χ1) is 11.2. The Kier molecular flexibility index (Phi) is 5.09. The molecule has 0 spiro atoms. The van der Waals surface area contributed by atoms with E-state index in [1.54, 1.807) is 0 Å². The Bertz CT molecular complexity index is 774. The Hall–Kier alpha value is -1.41. The summed E-state index contributed by atoms with van der Waals surface area (Å²) >= 11 is 0. The van der Waals surface area contributed by atoms with E-state index in [0.717, 1.165) is 0 Å². The van der Waals surface area contributed by atoms with Crippen LogP contribution < -0.4 is 4.57 Å². The molecule has 0 bridgehead atoms. The van der Waals surface area contributed by atoms with Gasteiger partial charge in [0.05, 0.1) is 8.07 Å². The van der Waals surface area contributed by atoms with Crippen LogP contribution in [0, 0.1) is 6.92 Å². The van der Waals surface area contributed by atoms with Gasteiger partial charge in [-0.1, -0.05) is 66.4 Å². The van der Waals surface area contributed by atoms with Crippen LogP contribution in [0.3, 0.4) is 0 Å². The van der Waals surface area contributed by atoms with Crippen LogP contribution in [0.15, 0.2) is 36.5 Å². The lowest BCUT2D eigenvalue weighted by atomic mass is 9.85. The van der Waals surface area contributed by atoms with Crippen LogP contribution in [0.25, 0.3) is 11.3 Å². The zero-order valence-corrected chi connectivity index (χ0v) is 18.9. The molecule has 136 valence electrons. The largest absolute Gasteiger partial charge is 0.212 e. The lowest BCUT2D eigenvalue weighted by Crippen LogP contribution is -2.46. The van der Waals surface area contributed by atoms with E-state index >= 15 is 0 Å². The Morgan fingerprint density at radius 2 is 1.40 bits per heavy atom. The van der Waals surface area contributed by atoms with Crippen LogP contribution in [0.2, 0.25) is 19.6 Å². The van der Waals surface area contributed by atoms with Crippen LogP contribution in [0.1, 0.15) is 51.3 Å². The molecule has 0 amide bonds. The Morgan fingerprint density at radius 3 is 1.84 bits per heavy atom. The summed E-state index contributed by atoms with van der Waals surface area (Å²) in [6.45, 7) is 21.2. The molecule has 0 aliphatic rings. The summed E-state index contributed by atoms with van der Waals surface area (Å²) in [5.41, 5.74) is 6.99. The van der Waals surface area contributed by atoms with E-state index in [-0.39, 0.29) is 10.5 Å². The first-order valence-corrected chi connectivity index (χ1v) is 12.9. The van der Waals surface area contributed by atoms with Crippen molar-refractivity contribution in [3.05, 3.63) is 53.2 Å². The predicted molar refractivity (Wildman–Crippen MR) is 113 cm³/mol. The molecule has 0 aliphatic carbocycles. The van der Waals surface area contributed by atoms with Crippen molar-refractivity contribution in [3.8, 4) is 11.3 Å². The minimum absolute atomic E-state index is 0.191. The number of rotatable bonds is 3. The molecule has 0 saturated heterocycles. The van der Waals surface area contributed by atoms with Crippen molar-refractivity contribution < 1.29 is 4.57 Å². The third-order valence-electron chi connectivity index (χ3n) is 6.10. The molecular formula is C23H36NSi+. The second-order valence-corrected chi connectivity index (χ2v) is 15.8. The Balaban J connectivity index is 2.50. The maximum atomic E-state index is 2.45. The molecule has 2 aromatic rings. The van der Waals surface area contributed by atoms with E-state index in [9.17, 15) is 0 Å². The fourth-order valence-electron chi connectivity index (χ4n) is 3.11. The average Bonchev–Trinajstić information content (AvgIpc) is 2.45. The van der Waals surface area contributed by atoms with Gasteiger partial charge in [-0.3, -0.25) is 0 Å². The van der Waals surface area contributed by atoms with Gasteiger partial charge < -0.3 is 0 Å². The zero-order valence-electron chi connectivity index (χ0n) is 17.9. The highest BCUT2D eigenvalue weighted by Crippen LogP contribution is 2.34. The number of nitrogens with zero attached hydrogens (tertiary/aromatic N) is 1. The van der Waals surface area contributed by atoms with Crippen molar-refractivity contribution in [3.63, 3.8) is 0 Å². The van der Waals surface area contributed by atoms with Gasteiger partial charge in [-0.2, -0.15) is 0 Å². The third kappa shape index (κ3) is 3.89. The van der Waals surface area contributed by atoms with Crippen LogP contribution in [0.4, 0.5) is 0 Å². The Labute approximate surface area is 156 Å². The molecular weight excluding hydrogens is 318 g/mol. The molecule has 2 rings (SSSR count). The van der Waals surface area contributed by atoms with Crippen LogP contribution in [-0.2, 0) is 17.5 Å². The van der Waals surface area contributed by atoms with Crippen molar-refractivity contribution in [2.45, 2.75) is 71.6 Å². The maximum Gasteiger partial charge on any atom is 0.212 e. The highest BCUT2D eigenvalue weighted by molar-refractivity contribution is 6.78. The SMILES string of the molecule is Cc1cc(C(C)(C)C)ccc1-c1ccc(C(C)(C)[Si](C)(C)C)c[n+]1C. The van der Waals surface area contributed by atoms with Crippen molar-refractivity contribution in [2.75, 3.05) is 0 Å². The molecule has 0 atom stereocenters. The van der Waals surface area contributed by atoms with Gasteiger partial charge >= 0.3 is 0 Å². The summed E-state index contributed by atoms with van der Waals surface area (Å²) in [6.07, 6.45) is 2.34. The summed E-state index contributed by atoms with van der Waals surface area (Å²) in [5, 5.41) is 0.258. The molecule has 2 heteroatoms. The highest BCUT2D eigenvalue weighted by Gasteiger charge is 2.37. The van der Waals surface area contributed by atoms with Gasteiger partial charge in [-0.15, -0.1) is 0 Å². The topological polar surface area (TPSA) is 3.88 Å². The van der Waals surface area contributed by atoms with E-state index in [0.29, 0.717) is 0 Å². The molecule has 0 N–H and O–H groups in total. The molecule has 1 aromatic heterocycles. The summed E-state index contributed by atoms with van der Waals surface area (Å²) in [5.74, 6) is 0. The molecule has 0 radical (unpaired) electrons. The highest BCUT2D eigenvalue weighted by atomic mass is 28.3. The van der Waals surface area contributed by atoms with Gasteiger partial charge in [0.1, 0.15) is 7.05 Å². The number of benzene rings is 1. The van der Waals surface area contributed by atoms with Crippen molar-refractivity contribution in [1.29, 1.82) is 0 Å². The summed E-state index contributed by atoms with van der Waals surface area (Å²) in [7, 11) is 0.879. The van der Waals surface area contributed by atoms with E-state index < -0.39 is 8.07 Å². The number of aryl methyl sites for hydroxylation is 2. The second kappa shape index (κ2) is 6.39. The molecule has 0 saturated carbocycles. The van der Waals surface area contributed by atoms with E-state index in [1.807, 2.05) is 0 Å². The number of hydrogen-bond acceptors (Lipinski definition) is 0. The lowest BCUT2D eigenvalue weighted by molar-refractivity contribution is -0.661.